The lowest BCUT2D eigenvalue weighted by molar-refractivity contribution is -0.150. The first-order chi connectivity index (χ1) is 9.61. The molecule has 1 saturated carbocycles. The van der Waals surface area contributed by atoms with Crippen molar-refractivity contribution in [3.8, 4) is 0 Å². The molecule has 2 rings (SSSR count). The molecule has 7 nitrogen and oxygen atoms in total. The van der Waals surface area contributed by atoms with Gasteiger partial charge in [-0.05, 0) is 42.7 Å². The lowest BCUT2D eigenvalue weighted by Gasteiger charge is -2.38. The second kappa shape index (κ2) is 6.53. The Labute approximate surface area is 122 Å². The molecule has 1 aromatic heterocycles. The van der Waals surface area contributed by atoms with Crippen molar-refractivity contribution in [1.29, 1.82) is 0 Å². The van der Waals surface area contributed by atoms with Crippen molar-refractivity contribution in [3.63, 3.8) is 0 Å². The minimum atomic E-state index is -0.564. The van der Waals surface area contributed by atoms with Crippen LogP contribution in [0.5, 0.6) is 0 Å². The van der Waals surface area contributed by atoms with Crippen molar-refractivity contribution in [2.75, 3.05) is 13.7 Å². The zero-order valence-corrected chi connectivity index (χ0v) is 12.9. The van der Waals surface area contributed by atoms with Gasteiger partial charge < -0.3 is 10.1 Å². The van der Waals surface area contributed by atoms with Gasteiger partial charge in [0.15, 0.2) is 0 Å². The number of tetrazole rings is 1. The predicted molar refractivity (Wildman–Crippen MR) is 75.3 cm³/mol. The molecule has 0 amide bonds. The summed E-state index contributed by atoms with van der Waals surface area (Å²) in [7, 11) is 3.27. The molecule has 112 valence electrons. The van der Waals surface area contributed by atoms with Crippen LogP contribution in [0.1, 0.15) is 32.6 Å². The number of likely N-dealkylation sites (N-methyl/N-ethyl adjacent to an activating group) is 1. The molecule has 2 atom stereocenters. The lowest BCUT2D eigenvalue weighted by Crippen LogP contribution is -2.56. The first-order valence-corrected chi connectivity index (χ1v) is 7.71. The predicted octanol–water partition coefficient (Wildman–Crippen LogP) is 0.766. The Morgan fingerprint density at radius 3 is 3.05 bits per heavy atom. The van der Waals surface area contributed by atoms with Crippen LogP contribution in [0.2, 0.25) is 0 Å². The highest BCUT2D eigenvalue weighted by Crippen LogP contribution is 2.38. The molecule has 0 bridgehead atoms. The summed E-state index contributed by atoms with van der Waals surface area (Å²) in [6, 6.07) is 0. The number of nitrogens with zero attached hydrogens (tertiary/aromatic N) is 4. The average Bonchev–Trinajstić information content (AvgIpc) is 2.84. The molecule has 0 aromatic carbocycles. The second-order valence-corrected chi connectivity index (χ2v) is 6.29. The van der Waals surface area contributed by atoms with E-state index in [1.165, 1.54) is 7.11 Å². The number of aryl methyl sites for hydroxylation is 1. The number of carbonyl (C=O) groups is 1. The van der Waals surface area contributed by atoms with Gasteiger partial charge in [0.1, 0.15) is 5.54 Å². The first kappa shape index (κ1) is 15.2. The molecule has 1 aromatic rings. The fourth-order valence-electron chi connectivity index (χ4n) is 2.75. The number of aromatic nitrogens is 4. The van der Waals surface area contributed by atoms with E-state index in [0.29, 0.717) is 5.25 Å². The van der Waals surface area contributed by atoms with Crippen LogP contribution in [0, 0.1) is 0 Å². The van der Waals surface area contributed by atoms with Crippen LogP contribution in [-0.4, -0.2) is 50.6 Å². The van der Waals surface area contributed by atoms with E-state index in [9.17, 15) is 4.79 Å². The van der Waals surface area contributed by atoms with E-state index in [1.807, 2.05) is 14.0 Å². The zero-order valence-electron chi connectivity index (χ0n) is 12.1. The van der Waals surface area contributed by atoms with Crippen LogP contribution in [0.3, 0.4) is 0 Å². The van der Waals surface area contributed by atoms with Gasteiger partial charge in [-0.15, -0.1) is 5.10 Å². The fourth-order valence-corrected chi connectivity index (χ4v) is 3.97. The van der Waals surface area contributed by atoms with E-state index in [4.69, 9.17) is 4.74 Å². The zero-order chi connectivity index (χ0) is 14.6. The van der Waals surface area contributed by atoms with E-state index in [2.05, 4.69) is 20.8 Å². The Morgan fingerprint density at radius 1 is 1.65 bits per heavy atom. The molecular weight excluding hydrogens is 278 g/mol. The molecule has 1 N–H and O–H groups in total. The van der Waals surface area contributed by atoms with Crippen LogP contribution in [0.15, 0.2) is 5.16 Å². The minimum absolute atomic E-state index is 0.166. The van der Waals surface area contributed by atoms with Crippen molar-refractivity contribution in [2.24, 2.45) is 7.05 Å². The molecule has 1 aliphatic carbocycles. The quantitative estimate of drug-likeness (QED) is 0.804. The van der Waals surface area contributed by atoms with E-state index in [1.54, 1.807) is 16.4 Å². The topological polar surface area (TPSA) is 81.9 Å². The molecule has 1 fully saturated rings. The molecule has 8 heteroatoms. The van der Waals surface area contributed by atoms with E-state index in [0.717, 1.165) is 37.4 Å². The van der Waals surface area contributed by atoms with Crippen LogP contribution in [0.25, 0.3) is 0 Å². The standard InChI is InChI=1S/C12H21N5O2S/c1-4-13-12(10(18)19-3)7-5-6-9(8-12)20-11-14-15-16-17(11)2/h9,13H,4-8H2,1-3H3. The molecule has 0 spiro atoms. The number of carbonyl (C=O) groups excluding carboxylic acids is 1. The lowest BCUT2D eigenvalue weighted by atomic mass is 9.81. The Bertz CT molecular complexity index is 462. The Kier molecular flexibility index (Phi) is 4.98. The summed E-state index contributed by atoms with van der Waals surface area (Å²) >= 11 is 1.63. The SMILES string of the molecule is CCNC1(C(=O)OC)CCCC(Sc2nnnn2C)C1. The number of nitrogens with one attached hydrogen (secondary N) is 1. The van der Waals surface area contributed by atoms with Gasteiger partial charge in [0.25, 0.3) is 0 Å². The number of ether oxygens (including phenoxy) is 1. The minimum Gasteiger partial charge on any atom is -0.468 e. The number of hydrogen-bond donors (Lipinski definition) is 1. The van der Waals surface area contributed by atoms with Gasteiger partial charge >= 0.3 is 5.97 Å². The Morgan fingerprint density at radius 2 is 2.45 bits per heavy atom. The first-order valence-electron chi connectivity index (χ1n) is 6.84. The number of rotatable bonds is 5. The Balaban J connectivity index is 2.09. The fraction of sp³-hybridized carbons (Fsp3) is 0.833. The summed E-state index contributed by atoms with van der Waals surface area (Å²) in [6.07, 6.45) is 3.61. The van der Waals surface area contributed by atoms with Crippen molar-refractivity contribution in [2.45, 2.75) is 48.6 Å². The molecule has 2 unspecified atom stereocenters. The maximum absolute atomic E-state index is 12.2. The van der Waals surface area contributed by atoms with Crippen LogP contribution in [-0.2, 0) is 16.6 Å². The monoisotopic (exact) mass is 299 g/mol. The third-order valence-corrected chi connectivity index (χ3v) is 4.94. The molecular formula is C12H21N5O2S. The second-order valence-electron chi connectivity index (χ2n) is 5.03. The molecule has 20 heavy (non-hydrogen) atoms. The third-order valence-electron chi connectivity index (χ3n) is 3.65. The highest BCUT2D eigenvalue weighted by Gasteiger charge is 2.43. The summed E-state index contributed by atoms with van der Waals surface area (Å²) < 4.78 is 6.66. The van der Waals surface area contributed by atoms with Gasteiger partial charge in [-0.25, -0.2) is 4.68 Å². The van der Waals surface area contributed by atoms with E-state index >= 15 is 0 Å². The van der Waals surface area contributed by atoms with Crippen molar-refractivity contribution in [3.05, 3.63) is 0 Å². The van der Waals surface area contributed by atoms with Gasteiger partial charge in [0.2, 0.25) is 5.16 Å². The molecule has 1 heterocycles. The summed E-state index contributed by atoms with van der Waals surface area (Å²) in [5.41, 5.74) is -0.564. The third kappa shape index (κ3) is 3.12. The van der Waals surface area contributed by atoms with Gasteiger partial charge in [0, 0.05) is 12.3 Å². The molecule has 0 aliphatic heterocycles. The van der Waals surface area contributed by atoms with Crippen LogP contribution < -0.4 is 5.32 Å². The maximum Gasteiger partial charge on any atom is 0.326 e. The largest absolute Gasteiger partial charge is 0.468 e. The summed E-state index contributed by atoms with van der Waals surface area (Å²) in [6.45, 7) is 2.76. The number of esters is 1. The number of thioether (sulfide) groups is 1. The number of hydrogen-bond acceptors (Lipinski definition) is 7. The van der Waals surface area contributed by atoms with Crippen LogP contribution in [0.4, 0.5) is 0 Å². The highest BCUT2D eigenvalue weighted by atomic mass is 32.2. The smallest absolute Gasteiger partial charge is 0.326 e. The van der Waals surface area contributed by atoms with E-state index < -0.39 is 5.54 Å². The molecule has 0 saturated heterocycles. The summed E-state index contributed by atoms with van der Waals surface area (Å²) in [5.74, 6) is -0.166. The summed E-state index contributed by atoms with van der Waals surface area (Å²) in [4.78, 5) is 12.2. The van der Waals surface area contributed by atoms with Crippen molar-refractivity contribution >= 4 is 17.7 Å². The molecule has 0 radical (unpaired) electrons. The van der Waals surface area contributed by atoms with E-state index in [-0.39, 0.29) is 5.97 Å². The number of methoxy groups -OCH3 is 1. The van der Waals surface area contributed by atoms with Gasteiger partial charge in [-0.3, -0.25) is 4.79 Å². The average molecular weight is 299 g/mol. The normalized spacial score (nSPS) is 26.4. The highest BCUT2D eigenvalue weighted by molar-refractivity contribution is 7.99. The van der Waals surface area contributed by atoms with Gasteiger partial charge in [-0.2, -0.15) is 0 Å². The van der Waals surface area contributed by atoms with Gasteiger partial charge in [0.05, 0.1) is 7.11 Å². The maximum atomic E-state index is 12.2. The van der Waals surface area contributed by atoms with Crippen LogP contribution >= 0.6 is 11.8 Å². The van der Waals surface area contributed by atoms with Gasteiger partial charge in [-0.1, -0.05) is 18.7 Å². The van der Waals surface area contributed by atoms with Crippen molar-refractivity contribution < 1.29 is 9.53 Å². The van der Waals surface area contributed by atoms with Crippen molar-refractivity contribution in [1.82, 2.24) is 25.5 Å². The Hall–Kier alpha value is -1.15. The molecule has 1 aliphatic rings. The summed E-state index contributed by atoms with van der Waals surface area (Å²) in [5, 5.41) is 15.9.